The minimum Gasteiger partial charge on any atom is -0.478 e. The Morgan fingerprint density at radius 1 is 1.67 bits per heavy atom. The summed E-state index contributed by atoms with van der Waals surface area (Å²) in [5.41, 5.74) is 0.396. The van der Waals surface area contributed by atoms with Crippen molar-refractivity contribution in [1.29, 1.82) is 0 Å². The molecule has 1 aromatic heterocycles. The summed E-state index contributed by atoms with van der Waals surface area (Å²) in [4.78, 5) is 14.4. The molecule has 100 valence electrons. The molecule has 2 heterocycles. The molecule has 0 amide bonds. The van der Waals surface area contributed by atoms with E-state index < -0.39 is 5.97 Å². The van der Waals surface area contributed by atoms with Gasteiger partial charge in [0.25, 0.3) is 0 Å². The van der Waals surface area contributed by atoms with Gasteiger partial charge in [-0.3, -0.25) is 4.90 Å². The number of carbonyl (C=O) groups is 1. The van der Waals surface area contributed by atoms with Gasteiger partial charge in [-0.25, -0.2) is 4.79 Å². The highest BCUT2D eigenvalue weighted by Crippen LogP contribution is 2.17. The van der Waals surface area contributed by atoms with Crippen LogP contribution in [0.5, 0.6) is 0 Å². The van der Waals surface area contributed by atoms with Crippen LogP contribution in [0.3, 0.4) is 0 Å². The van der Waals surface area contributed by atoms with E-state index in [0.29, 0.717) is 11.6 Å². The molecule has 4 nitrogen and oxygen atoms in total. The van der Waals surface area contributed by atoms with Crippen LogP contribution in [0, 0.1) is 0 Å². The first-order valence-corrected chi connectivity index (χ1v) is 7.34. The van der Waals surface area contributed by atoms with Gasteiger partial charge in [-0.15, -0.1) is 11.3 Å². The van der Waals surface area contributed by atoms with Gasteiger partial charge in [0.2, 0.25) is 0 Å². The Labute approximate surface area is 112 Å². The molecule has 18 heavy (non-hydrogen) atoms. The van der Waals surface area contributed by atoms with Crippen molar-refractivity contribution < 1.29 is 9.90 Å². The zero-order chi connectivity index (χ0) is 13.0. The van der Waals surface area contributed by atoms with E-state index in [1.807, 2.05) is 0 Å². The molecule has 1 aliphatic heterocycles. The van der Waals surface area contributed by atoms with Crippen LogP contribution in [0.2, 0.25) is 0 Å². The zero-order valence-electron chi connectivity index (χ0n) is 10.7. The number of likely N-dealkylation sites (tertiary alicyclic amines) is 1. The predicted molar refractivity (Wildman–Crippen MR) is 73.3 cm³/mol. The fraction of sp³-hybridized carbons (Fsp3) is 0.615. The molecule has 0 aliphatic carbocycles. The fourth-order valence-corrected chi connectivity index (χ4v) is 3.32. The molecule has 1 unspecified atom stereocenters. The largest absolute Gasteiger partial charge is 0.478 e. The summed E-state index contributed by atoms with van der Waals surface area (Å²) in [6.07, 6.45) is 2.56. The molecule has 0 bridgehead atoms. The molecule has 1 aliphatic rings. The fourth-order valence-electron chi connectivity index (χ4n) is 2.49. The second kappa shape index (κ2) is 6.31. The van der Waals surface area contributed by atoms with E-state index >= 15 is 0 Å². The summed E-state index contributed by atoms with van der Waals surface area (Å²) in [7, 11) is 0. The predicted octanol–water partition coefficient (Wildman–Crippen LogP) is 2.02. The first kappa shape index (κ1) is 13.5. The molecule has 0 aromatic carbocycles. The Hall–Kier alpha value is -0.910. The van der Waals surface area contributed by atoms with Crippen LogP contribution in [-0.2, 0) is 6.54 Å². The maximum Gasteiger partial charge on any atom is 0.336 e. The molecule has 2 N–H and O–H groups in total. The third-order valence-corrected chi connectivity index (χ3v) is 4.42. The monoisotopic (exact) mass is 268 g/mol. The molecular weight excluding hydrogens is 248 g/mol. The molecule has 1 aromatic rings. The first-order chi connectivity index (χ1) is 8.70. The average Bonchev–Trinajstić information content (AvgIpc) is 2.97. The van der Waals surface area contributed by atoms with Crippen LogP contribution in [0.15, 0.2) is 11.4 Å². The van der Waals surface area contributed by atoms with Gasteiger partial charge in [0.05, 0.1) is 5.56 Å². The Kier molecular flexibility index (Phi) is 4.74. The highest BCUT2D eigenvalue weighted by molar-refractivity contribution is 7.10. The third-order valence-electron chi connectivity index (χ3n) is 3.49. The smallest absolute Gasteiger partial charge is 0.336 e. The maximum atomic E-state index is 10.8. The van der Waals surface area contributed by atoms with Crippen molar-refractivity contribution in [1.82, 2.24) is 10.2 Å². The third kappa shape index (κ3) is 3.31. The van der Waals surface area contributed by atoms with Crippen LogP contribution in [0.1, 0.15) is 35.0 Å². The van der Waals surface area contributed by atoms with Crippen molar-refractivity contribution in [3.63, 3.8) is 0 Å². The summed E-state index contributed by atoms with van der Waals surface area (Å²) in [6, 6.07) is 2.40. The van der Waals surface area contributed by atoms with Crippen LogP contribution >= 0.6 is 11.3 Å². The lowest BCUT2D eigenvalue weighted by molar-refractivity contribution is 0.0697. The number of nitrogens with zero attached hydrogens (tertiary/aromatic N) is 1. The minimum atomic E-state index is -0.842. The topological polar surface area (TPSA) is 52.6 Å². The summed E-state index contributed by atoms with van der Waals surface area (Å²) >= 11 is 1.51. The first-order valence-electron chi connectivity index (χ1n) is 6.46. The van der Waals surface area contributed by atoms with Crippen molar-refractivity contribution in [2.24, 2.45) is 0 Å². The van der Waals surface area contributed by atoms with E-state index in [1.54, 1.807) is 11.4 Å². The van der Waals surface area contributed by atoms with Gasteiger partial charge in [0.15, 0.2) is 0 Å². The number of hydrogen-bond acceptors (Lipinski definition) is 4. The van der Waals surface area contributed by atoms with E-state index in [1.165, 1.54) is 30.7 Å². The Balaban J connectivity index is 1.76. The second-order valence-electron chi connectivity index (χ2n) is 4.66. The van der Waals surface area contributed by atoms with Crippen molar-refractivity contribution in [2.45, 2.75) is 32.4 Å². The van der Waals surface area contributed by atoms with Crippen molar-refractivity contribution in [2.75, 3.05) is 19.6 Å². The number of rotatable bonds is 6. The van der Waals surface area contributed by atoms with Gasteiger partial charge < -0.3 is 10.4 Å². The standard InChI is InChI=1S/C13H20N2O2S/c1-2-15-5-3-4-11(15)7-14-8-12-6-10(9-18-12)13(16)17/h6,9,11,14H,2-5,7-8H2,1H3,(H,16,17). The Morgan fingerprint density at radius 3 is 3.17 bits per heavy atom. The highest BCUT2D eigenvalue weighted by Gasteiger charge is 2.22. The summed E-state index contributed by atoms with van der Waals surface area (Å²) < 4.78 is 0. The van der Waals surface area contributed by atoms with Gasteiger partial charge >= 0.3 is 5.97 Å². The van der Waals surface area contributed by atoms with Gasteiger partial charge in [0, 0.05) is 29.4 Å². The van der Waals surface area contributed by atoms with E-state index in [9.17, 15) is 4.79 Å². The number of carboxylic acids is 1. The van der Waals surface area contributed by atoms with E-state index in [-0.39, 0.29) is 0 Å². The zero-order valence-corrected chi connectivity index (χ0v) is 11.5. The maximum absolute atomic E-state index is 10.8. The molecule has 1 fully saturated rings. The lowest BCUT2D eigenvalue weighted by Gasteiger charge is -2.22. The molecule has 1 atom stereocenters. The molecule has 0 saturated carbocycles. The molecule has 5 heteroatoms. The SMILES string of the molecule is CCN1CCCC1CNCc1cc(C(=O)O)cs1. The van der Waals surface area contributed by atoms with E-state index in [0.717, 1.165) is 24.5 Å². The number of carboxylic acid groups (broad SMARTS) is 1. The second-order valence-corrected chi connectivity index (χ2v) is 5.66. The van der Waals surface area contributed by atoms with Crippen molar-refractivity contribution in [3.05, 3.63) is 21.9 Å². The number of thiophene rings is 1. The van der Waals surface area contributed by atoms with Crippen molar-refractivity contribution in [3.8, 4) is 0 Å². The normalized spacial score (nSPS) is 20.4. The minimum absolute atomic E-state index is 0.396. The number of nitrogens with one attached hydrogen (secondary N) is 1. The van der Waals surface area contributed by atoms with Crippen LogP contribution < -0.4 is 5.32 Å². The van der Waals surface area contributed by atoms with Crippen LogP contribution in [0.4, 0.5) is 0 Å². The molecule has 0 spiro atoms. The van der Waals surface area contributed by atoms with Gasteiger partial charge in [-0.2, -0.15) is 0 Å². The quantitative estimate of drug-likeness (QED) is 0.829. The lowest BCUT2D eigenvalue weighted by atomic mass is 10.2. The number of likely N-dealkylation sites (N-methyl/N-ethyl adjacent to an activating group) is 1. The van der Waals surface area contributed by atoms with Crippen molar-refractivity contribution >= 4 is 17.3 Å². The van der Waals surface area contributed by atoms with E-state index in [2.05, 4.69) is 17.1 Å². The van der Waals surface area contributed by atoms with Gasteiger partial charge in [0.1, 0.15) is 0 Å². The molecule has 0 radical (unpaired) electrons. The van der Waals surface area contributed by atoms with Gasteiger partial charge in [-0.05, 0) is 32.0 Å². The van der Waals surface area contributed by atoms with Crippen LogP contribution in [-0.4, -0.2) is 41.7 Å². The summed E-state index contributed by atoms with van der Waals surface area (Å²) in [5, 5.41) is 14.0. The molecular formula is C13H20N2O2S. The average molecular weight is 268 g/mol. The highest BCUT2D eigenvalue weighted by atomic mass is 32.1. The van der Waals surface area contributed by atoms with E-state index in [4.69, 9.17) is 5.11 Å². The molecule has 1 saturated heterocycles. The molecule has 2 rings (SSSR count). The number of aromatic carboxylic acids is 1. The Bertz CT molecular complexity index is 405. The summed E-state index contributed by atoms with van der Waals surface area (Å²) in [5.74, 6) is -0.842. The van der Waals surface area contributed by atoms with Crippen LogP contribution in [0.25, 0.3) is 0 Å². The number of hydrogen-bond donors (Lipinski definition) is 2. The summed E-state index contributed by atoms with van der Waals surface area (Å²) in [6.45, 7) is 6.30. The Morgan fingerprint density at radius 2 is 2.50 bits per heavy atom. The lowest BCUT2D eigenvalue weighted by Crippen LogP contribution is -2.37. The van der Waals surface area contributed by atoms with Gasteiger partial charge in [-0.1, -0.05) is 6.92 Å².